The van der Waals surface area contributed by atoms with E-state index in [0.717, 1.165) is 64.0 Å². The lowest BCUT2D eigenvalue weighted by Gasteiger charge is -2.63. The summed E-state index contributed by atoms with van der Waals surface area (Å²) in [5, 5.41) is 32.4. The number of rotatable bonds is 2. The van der Waals surface area contributed by atoms with E-state index in [9.17, 15) is 20.1 Å². The third-order valence-corrected chi connectivity index (χ3v) is 13.6. The van der Waals surface area contributed by atoms with Crippen LogP contribution >= 0.6 is 0 Å². The summed E-state index contributed by atoms with van der Waals surface area (Å²) in [4.78, 5) is 13.2. The van der Waals surface area contributed by atoms with Crippen molar-refractivity contribution in [1.29, 1.82) is 0 Å². The van der Waals surface area contributed by atoms with E-state index in [1.165, 1.54) is 0 Å². The SMILES string of the molecule is CC1(C2[C@@H](O)C[C@@]3(C)[C@@H]4CC[C@H]5C(C)(C)C(=O)/C(=C\O)C[C@@]56C[C@@]46CC[C@]23C)CC[C@@H](C(C)(C)O)O1. The highest BCUT2D eigenvalue weighted by atomic mass is 16.5. The molecule has 10 atom stereocenters. The van der Waals surface area contributed by atoms with E-state index in [4.69, 9.17) is 4.74 Å². The van der Waals surface area contributed by atoms with Gasteiger partial charge in [-0.1, -0.05) is 27.7 Å². The molecule has 3 N–H and O–H groups in total. The Morgan fingerprint density at radius 3 is 2.22 bits per heavy atom. The number of hydrogen-bond acceptors (Lipinski definition) is 5. The van der Waals surface area contributed by atoms with Gasteiger partial charge in [-0.2, -0.15) is 0 Å². The second kappa shape index (κ2) is 6.99. The topological polar surface area (TPSA) is 87.0 Å². The van der Waals surface area contributed by atoms with Crippen molar-refractivity contribution in [2.24, 2.45) is 44.8 Å². The molecule has 0 aromatic carbocycles. The quantitative estimate of drug-likeness (QED) is 0.333. The summed E-state index contributed by atoms with van der Waals surface area (Å²) in [7, 11) is 0. The molecule has 6 rings (SSSR count). The number of ketones is 1. The Balaban J connectivity index is 1.36. The third-order valence-electron chi connectivity index (χ3n) is 13.6. The van der Waals surface area contributed by atoms with E-state index < -0.39 is 22.7 Å². The fraction of sp³-hybridized carbons (Fsp3) is 0.903. The molecule has 6 fully saturated rings. The Bertz CT molecular complexity index is 1020. The molecule has 5 heteroatoms. The lowest BCUT2D eigenvalue weighted by Crippen LogP contribution is -2.59. The highest BCUT2D eigenvalue weighted by molar-refractivity contribution is 6.00. The minimum absolute atomic E-state index is 0.00230. The maximum atomic E-state index is 13.2. The van der Waals surface area contributed by atoms with Crippen LogP contribution in [0, 0.1) is 44.8 Å². The Morgan fingerprint density at radius 2 is 1.61 bits per heavy atom. The smallest absolute Gasteiger partial charge is 0.167 e. The molecule has 5 nitrogen and oxygen atoms in total. The molecular weight excluding hydrogens is 452 g/mol. The van der Waals surface area contributed by atoms with Gasteiger partial charge >= 0.3 is 0 Å². The maximum absolute atomic E-state index is 13.2. The van der Waals surface area contributed by atoms with E-state index >= 15 is 0 Å². The van der Waals surface area contributed by atoms with Gasteiger partial charge in [0.05, 0.1) is 29.7 Å². The lowest BCUT2D eigenvalue weighted by molar-refractivity contribution is -0.191. The van der Waals surface area contributed by atoms with E-state index in [1.807, 2.05) is 13.8 Å². The molecule has 5 aliphatic carbocycles. The normalized spacial score (nSPS) is 56.6. The fourth-order valence-electron chi connectivity index (χ4n) is 12.0. The molecule has 36 heavy (non-hydrogen) atoms. The summed E-state index contributed by atoms with van der Waals surface area (Å²) in [5.74, 6) is 1.07. The van der Waals surface area contributed by atoms with Crippen molar-refractivity contribution in [1.82, 2.24) is 0 Å². The van der Waals surface area contributed by atoms with Gasteiger partial charge in [-0.05, 0) is 112 Å². The fourth-order valence-corrected chi connectivity index (χ4v) is 12.0. The highest BCUT2D eigenvalue weighted by Crippen LogP contribution is 2.89. The zero-order valence-electron chi connectivity index (χ0n) is 23.5. The first-order valence-electron chi connectivity index (χ1n) is 14.5. The van der Waals surface area contributed by atoms with Gasteiger partial charge in [0.25, 0.3) is 0 Å². The minimum atomic E-state index is -0.885. The Labute approximate surface area is 217 Å². The number of hydrogen-bond donors (Lipinski definition) is 3. The average Bonchev–Trinajstić information content (AvgIpc) is 3.15. The number of ether oxygens (including phenoxy) is 1. The van der Waals surface area contributed by atoms with E-state index in [-0.39, 0.29) is 39.5 Å². The van der Waals surface area contributed by atoms with Crippen LogP contribution in [0.3, 0.4) is 0 Å². The van der Waals surface area contributed by atoms with Gasteiger partial charge < -0.3 is 20.1 Å². The van der Waals surface area contributed by atoms with Gasteiger partial charge in [0, 0.05) is 16.9 Å². The molecule has 1 heterocycles. The van der Waals surface area contributed by atoms with Gasteiger partial charge in [0.15, 0.2) is 5.78 Å². The van der Waals surface area contributed by atoms with Crippen LogP contribution in [0.4, 0.5) is 0 Å². The monoisotopic (exact) mass is 500 g/mol. The molecule has 0 aromatic heterocycles. The second-order valence-corrected chi connectivity index (χ2v) is 15.7. The van der Waals surface area contributed by atoms with Crippen molar-refractivity contribution in [3.63, 3.8) is 0 Å². The second-order valence-electron chi connectivity index (χ2n) is 15.7. The Hall–Kier alpha value is -0.910. The Morgan fingerprint density at radius 1 is 0.944 bits per heavy atom. The molecule has 2 unspecified atom stereocenters. The summed E-state index contributed by atoms with van der Waals surface area (Å²) >= 11 is 0. The zero-order valence-corrected chi connectivity index (χ0v) is 23.5. The summed E-state index contributed by atoms with van der Waals surface area (Å²) in [6, 6.07) is 0. The summed E-state index contributed by atoms with van der Waals surface area (Å²) in [6.45, 7) is 15.0. The first-order valence-corrected chi connectivity index (χ1v) is 14.5. The zero-order chi connectivity index (χ0) is 26.3. The van der Waals surface area contributed by atoms with Crippen molar-refractivity contribution >= 4 is 5.78 Å². The number of allylic oxidation sites excluding steroid dienone is 1. The predicted octanol–water partition coefficient (Wildman–Crippen LogP) is 5.73. The van der Waals surface area contributed by atoms with Crippen LogP contribution in [-0.4, -0.2) is 44.5 Å². The predicted molar refractivity (Wildman–Crippen MR) is 138 cm³/mol. The number of fused-ring (bicyclic) bond motifs is 2. The molecule has 2 spiro atoms. The average molecular weight is 501 g/mol. The molecule has 6 aliphatic rings. The van der Waals surface area contributed by atoms with Gasteiger partial charge in [-0.15, -0.1) is 0 Å². The van der Waals surface area contributed by atoms with Crippen LogP contribution in [-0.2, 0) is 9.53 Å². The van der Waals surface area contributed by atoms with E-state index in [1.54, 1.807) is 0 Å². The number of carbonyl (C=O) groups excluding carboxylic acids is 1. The van der Waals surface area contributed by atoms with Crippen LogP contribution in [0.25, 0.3) is 0 Å². The molecular formula is C31H48O5. The first kappa shape index (κ1) is 25.4. The van der Waals surface area contributed by atoms with Gasteiger partial charge in [0.2, 0.25) is 0 Å². The van der Waals surface area contributed by atoms with Gasteiger partial charge in [-0.3, -0.25) is 4.79 Å². The molecule has 0 radical (unpaired) electrons. The van der Waals surface area contributed by atoms with Crippen LogP contribution in [0.2, 0.25) is 0 Å². The molecule has 1 saturated heterocycles. The van der Waals surface area contributed by atoms with Crippen molar-refractivity contribution in [3.8, 4) is 0 Å². The van der Waals surface area contributed by atoms with E-state index in [0.29, 0.717) is 17.4 Å². The molecule has 0 amide bonds. The van der Waals surface area contributed by atoms with Gasteiger partial charge in [-0.25, -0.2) is 0 Å². The number of aliphatic hydroxyl groups excluding tert-OH is 2. The molecule has 202 valence electrons. The van der Waals surface area contributed by atoms with Crippen LogP contribution in [0.5, 0.6) is 0 Å². The van der Waals surface area contributed by atoms with Crippen LogP contribution < -0.4 is 0 Å². The van der Waals surface area contributed by atoms with Crippen molar-refractivity contribution < 1.29 is 24.9 Å². The molecule has 5 saturated carbocycles. The minimum Gasteiger partial charge on any atom is -0.515 e. The Kier molecular flexibility index (Phi) is 4.92. The van der Waals surface area contributed by atoms with Crippen molar-refractivity contribution in [2.75, 3.05) is 0 Å². The molecule has 0 bridgehead atoms. The van der Waals surface area contributed by atoms with Gasteiger partial charge in [0.1, 0.15) is 0 Å². The number of aliphatic hydroxyl groups is 3. The lowest BCUT2D eigenvalue weighted by atomic mass is 9.41. The highest BCUT2D eigenvalue weighted by Gasteiger charge is 2.84. The first-order chi connectivity index (χ1) is 16.5. The number of carbonyl (C=O) groups is 1. The van der Waals surface area contributed by atoms with Crippen molar-refractivity contribution in [2.45, 2.75) is 130 Å². The summed E-state index contributed by atoms with van der Waals surface area (Å²) in [6.07, 6.45) is 9.26. The summed E-state index contributed by atoms with van der Waals surface area (Å²) < 4.78 is 6.67. The van der Waals surface area contributed by atoms with Crippen molar-refractivity contribution in [3.05, 3.63) is 11.8 Å². The van der Waals surface area contributed by atoms with Crippen LogP contribution in [0.15, 0.2) is 11.8 Å². The standard InChI is InChI=1S/C31H48O5/c1-25(2)20-8-9-21-28(6)15-19(33)23(29(7)11-10-22(36-29)26(3,4)35)27(28,5)12-13-30(21)17-31(20,30)14-18(16-32)24(25)34/h16,19-23,32-33,35H,8-15,17H2,1-7H3/b18-16-/t19-,20-,21-,22-,23?,27+,28-,29?,30-,31+/m0/s1. The van der Waals surface area contributed by atoms with E-state index in [2.05, 4.69) is 34.6 Å². The van der Waals surface area contributed by atoms with Crippen LogP contribution in [0.1, 0.15) is 106 Å². The summed E-state index contributed by atoms with van der Waals surface area (Å²) in [5.41, 5.74) is -0.864. The molecule has 1 aliphatic heterocycles. The number of Topliss-reactive ketones (excluding diaryl/α,β-unsaturated/α-hetero) is 1. The maximum Gasteiger partial charge on any atom is 0.167 e. The largest absolute Gasteiger partial charge is 0.515 e. The third kappa shape index (κ3) is 2.71. The molecule has 0 aromatic rings.